The van der Waals surface area contributed by atoms with Crippen molar-refractivity contribution in [1.82, 2.24) is 29.7 Å². The van der Waals surface area contributed by atoms with Crippen LogP contribution in [0.3, 0.4) is 0 Å². The third-order valence-corrected chi connectivity index (χ3v) is 5.33. The van der Waals surface area contributed by atoms with Crippen molar-refractivity contribution in [3.63, 3.8) is 0 Å². The van der Waals surface area contributed by atoms with Gasteiger partial charge in [0.15, 0.2) is 16.1 Å². The number of amides is 1. The van der Waals surface area contributed by atoms with Crippen LogP contribution in [0.1, 0.15) is 36.6 Å². The second kappa shape index (κ2) is 8.81. The van der Waals surface area contributed by atoms with Crippen LogP contribution in [0.5, 0.6) is 0 Å². The minimum absolute atomic E-state index is 0.131. The Morgan fingerprint density at radius 3 is 2.96 bits per heavy atom. The van der Waals surface area contributed by atoms with Gasteiger partial charge in [0, 0.05) is 32.1 Å². The summed E-state index contributed by atoms with van der Waals surface area (Å²) in [7, 11) is 0. The molecule has 0 aromatic carbocycles. The van der Waals surface area contributed by atoms with Gasteiger partial charge in [0.05, 0.1) is 17.8 Å². The van der Waals surface area contributed by atoms with Crippen molar-refractivity contribution in [2.45, 2.75) is 38.8 Å². The lowest BCUT2D eigenvalue weighted by Crippen LogP contribution is -2.56. The summed E-state index contributed by atoms with van der Waals surface area (Å²) in [6.07, 6.45) is 6.41. The Hall–Kier alpha value is -1.97. The Labute approximate surface area is 168 Å². The van der Waals surface area contributed by atoms with E-state index in [2.05, 4.69) is 25.2 Å². The molecule has 1 aliphatic rings. The number of ether oxygens (including phenoxy) is 1. The molecule has 3 heterocycles. The molecule has 2 aromatic heterocycles. The van der Waals surface area contributed by atoms with Gasteiger partial charge in [-0.05, 0) is 32.0 Å². The minimum atomic E-state index is -0.281. The standard InChI is InChI=1S/C17H23ClN6O2S/c1-3-11-14(18)22-15(20-11)16(25)21-12-5-7-23(9-13(12)26-4-2)17(27)24-8-6-19-10-24/h6,8,10,12-13H,3-5,7,9H2,1-2H3,(H,20,22)(H,21,25)/t12-,13+/m1/s1. The number of hydrogen-bond acceptors (Lipinski definition) is 5. The van der Waals surface area contributed by atoms with Gasteiger partial charge < -0.3 is 19.9 Å². The number of nitrogens with one attached hydrogen (secondary N) is 2. The average Bonchev–Trinajstić information content (AvgIpc) is 3.32. The van der Waals surface area contributed by atoms with Crippen molar-refractivity contribution in [1.29, 1.82) is 0 Å². The van der Waals surface area contributed by atoms with Gasteiger partial charge >= 0.3 is 0 Å². The van der Waals surface area contributed by atoms with Crippen molar-refractivity contribution in [2.75, 3.05) is 19.7 Å². The molecule has 0 radical (unpaired) electrons. The number of aromatic nitrogens is 4. The molecule has 146 valence electrons. The maximum atomic E-state index is 12.6. The van der Waals surface area contributed by atoms with Crippen LogP contribution < -0.4 is 5.32 Å². The molecule has 0 aliphatic carbocycles. The number of H-pyrrole nitrogens is 1. The third kappa shape index (κ3) is 4.48. The van der Waals surface area contributed by atoms with E-state index in [1.807, 2.05) is 20.0 Å². The van der Waals surface area contributed by atoms with E-state index < -0.39 is 0 Å². The number of hydrogen-bond donors (Lipinski definition) is 2. The Bertz CT molecular complexity index is 793. The van der Waals surface area contributed by atoms with Crippen LogP contribution in [0.2, 0.25) is 5.15 Å². The number of halogens is 1. The smallest absolute Gasteiger partial charge is 0.287 e. The molecule has 0 spiro atoms. The zero-order valence-corrected chi connectivity index (χ0v) is 16.9. The Morgan fingerprint density at radius 2 is 2.33 bits per heavy atom. The zero-order valence-electron chi connectivity index (χ0n) is 15.3. The van der Waals surface area contributed by atoms with E-state index >= 15 is 0 Å². The fourth-order valence-corrected chi connectivity index (χ4v) is 3.68. The number of aryl methyl sites for hydroxylation is 1. The molecule has 0 unspecified atom stereocenters. The number of imidazole rings is 2. The van der Waals surface area contributed by atoms with E-state index in [9.17, 15) is 4.79 Å². The van der Waals surface area contributed by atoms with Crippen LogP contribution in [-0.4, -0.2) is 67.3 Å². The van der Waals surface area contributed by atoms with E-state index in [0.29, 0.717) is 42.8 Å². The van der Waals surface area contributed by atoms with Crippen molar-refractivity contribution >= 4 is 34.8 Å². The summed E-state index contributed by atoms with van der Waals surface area (Å²) in [5.41, 5.74) is 0.753. The molecule has 1 saturated heterocycles. The summed E-state index contributed by atoms with van der Waals surface area (Å²) in [5.74, 6) is -0.0552. The van der Waals surface area contributed by atoms with Crippen LogP contribution in [0.4, 0.5) is 0 Å². The third-order valence-electron chi connectivity index (χ3n) is 4.55. The summed E-state index contributed by atoms with van der Waals surface area (Å²) in [6, 6.07) is -0.131. The molecule has 2 atom stereocenters. The number of nitrogens with zero attached hydrogens (tertiary/aromatic N) is 4. The van der Waals surface area contributed by atoms with E-state index in [0.717, 1.165) is 5.69 Å². The van der Waals surface area contributed by atoms with Crippen LogP contribution in [-0.2, 0) is 11.2 Å². The number of piperidine rings is 1. The molecule has 1 aliphatic heterocycles. The Kier molecular flexibility index (Phi) is 6.46. The molecule has 0 saturated carbocycles. The molecule has 8 nitrogen and oxygen atoms in total. The van der Waals surface area contributed by atoms with Crippen molar-refractivity contribution in [2.24, 2.45) is 0 Å². The average molecular weight is 411 g/mol. The summed E-state index contributed by atoms with van der Waals surface area (Å²) >= 11 is 11.6. The van der Waals surface area contributed by atoms with E-state index in [1.165, 1.54) is 0 Å². The van der Waals surface area contributed by atoms with E-state index in [1.54, 1.807) is 17.1 Å². The molecule has 3 rings (SSSR count). The molecule has 2 aromatic rings. The van der Waals surface area contributed by atoms with Gasteiger partial charge in [-0.2, -0.15) is 0 Å². The molecule has 10 heteroatoms. The SMILES string of the molecule is CCO[C@H]1CN(C(=S)n2ccnc2)CC[C@H]1NC(=O)c1nc(Cl)c(CC)[nH]1. The predicted octanol–water partition coefficient (Wildman–Crippen LogP) is 1.86. The van der Waals surface area contributed by atoms with Gasteiger partial charge in [-0.3, -0.25) is 9.36 Å². The number of rotatable bonds is 5. The van der Waals surface area contributed by atoms with Crippen molar-refractivity contribution in [3.05, 3.63) is 35.4 Å². The van der Waals surface area contributed by atoms with E-state index in [4.69, 9.17) is 28.6 Å². The normalized spacial score (nSPS) is 19.9. The highest BCUT2D eigenvalue weighted by atomic mass is 35.5. The lowest BCUT2D eigenvalue weighted by atomic mass is 10.0. The number of thiocarbonyl (C=S) groups is 1. The maximum Gasteiger partial charge on any atom is 0.287 e. The maximum absolute atomic E-state index is 12.6. The van der Waals surface area contributed by atoms with Gasteiger partial charge in [0.2, 0.25) is 0 Å². The number of likely N-dealkylation sites (tertiary alicyclic amines) is 1. The summed E-state index contributed by atoms with van der Waals surface area (Å²) in [6.45, 7) is 5.74. The lowest BCUT2D eigenvalue weighted by Gasteiger charge is -2.39. The Morgan fingerprint density at radius 1 is 1.52 bits per heavy atom. The van der Waals surface area contributed by atoms with Gasteiger partial charge in [0.1, 0.15) is 6.33 Å². The fourth-order valence-electron chi connectivity index (χ4n) is 3.14. The first-order chi connectivity index (χ1) is 13.0. The fraction of sp³-hybridized carbons (Fsp3) is 0.529. The second-order valence-electron chi connectivity index (χ2n) is 6.27. The second-order valence-corrected chi connectivity index (χ2v) is 6.99. The quantitative estimate of drug-likeness (QED) is 0.731. The van der Waals surface area contributed by atoms with E-state index in [-0.39, 0.29) is 23.9 Å². The molecule has 2 N–H and O–H groups in total. The predicted molar refractivity (Wildman–Crippen MR) is 106 cm³/mol. The topological polar surface area (TPSA) is 88.1 Å². The van der Waals surface area contributed by atoms with Crippen molar-refractivity contribution < 1.29 is 9.53 Å². The first-order valence-corrected chi connectivity index (χ1v) is 9.76. The Balaban J connectivity index is 1.66. The first kappa shape index (κ1) is 19.8. The van der Waals surface area contributed by atoms with Gasteiger partial charge in [-0.1, -0.05) is 18.5 Å². The largest absolute Gasteiger partial charge is 0.375 e. The highest BCUT2D eigenvalue weighted by Gasteiger charge is 2.33. The van der Waals surface area contributed by atoms with Gasteiger partial charge in [0.25, 0.3) is 5.91 Å². The number of carbonyl (C=O) groups excluding carboxylic acids is 1. The molecular weight excluding hydrogens is 388 g/mol. The highest BCUT2D eigenvalue weighted by molar-refractivity contribution is 7.80. The minimum Gasteiger partial charge on any atom is -0.375 e. The first-order valence-electron chi connectivity index (χ1n) is 8.97. The number of aromatic amines is 1. The number of carbonyl (C=O) groups is 1. The van der Waals surface area contributed by atoms with Crippen LogP contribution >= 0.6 is 23.8 Å². The van der Waals surface area contributed by atoms with Crippen LogP contribution in [0, 0.1) is 0 Å². The van der Waals surface area contributed by atoms with Crippen molar-refractivity contribution in [3.8, 4) is 0 Å². The monoisotopic (exact) mass is 410 g/mol. The van der Waals surface area contributed by atoms with Gasteiger partial charge in [-0.15, -0.1) is 0 Å². The molecule has 1 fully saturated rings. The van der Waals surface area contributed by atoms with Crippen LogP contribution in [0.15, 0.2) is 18.7 Å². The summed E-state index contributed by atoms with van der Waals surface area (Å²) in [5, 5.41) is 4.03. The molecule has 27 heavy (non-hydrogen) atoms. The molecular formula is C17H23ClN6O2S. The lowest BCUT2D eigenvalue weighted by molar-refractivity contribution is 0.000172. The van der Waals surface area contributed by atoms with Crippen LogP contribution in [0.25, 0.3) is 0 Å². The van der Waals surface area contributed by atoms with Gasteiger partial charge in [-0.25, -0.2) is 9.97 Å². The highest BCUT2D eigenvalue weighted by Crippen LogP contribution is 2.18. The summed E-state index contributed by atoms with van der Waals surface area (Å²) in [4.78, 5) is 25.8. The zero-order chi connectivity index (χ0) is 19.4. The molecule has 1 amide bonds. The molecule has 0 bridgehead atoms. The summed E-state index contributed by atoms with van der Waals surface area (Å²) < 4.78 is 7.68.